The second kappa shape index (κ2) is 11.9. The maximum atomic E-state index is 14.6. The molecule has 1 aliphatic heterocycles. The monoisotopic (exact) mass is 554 g/mol. The number of aromatic nitrogens is 2. The summed E-state index contributed by atoms with van der Waals surface area (Å²) >= 11 is 0. The number of benzene rings is 2. The fourth-order valence-electron chi connectivity index (χ4n) is 5.47. The summed E-state index contributed by atoms with van der Waals surface area (Å²) in [6.07, 6.45) is 6.35. The fourth-order valence-corrected chi connectivity index (χ4v) is 6.98. The average molecular weight is 555 g/mol. The summed E-state index contributed by atoms with van der Waals surface area (Å²) in [4.78, 5) is 15.6. The van der Waals surface area contributed by atoms with Crippen LogP contribution in [-0.4, -0.2) is 54.8 Å². The van der Waals surface area contributed by atoms with E-state index in [4.69, 9.17) is 4.74 Å². The summed E-state index contributed by atoms with van der Waals surface area (Å²) in [6.45, 7) is 3.54. The van der Waals surface area contributed by atoms with Crippen molar-refractivity contribution in [2.45, 2.75) is 50.9 Å². The Hall–Kier alpha value is -3.24. The Bertz CT molecular complexity index is 1430. The van der Waals surface area contributed by atoms with Crippen LogP contribution in [-0.2, 0) is 15.8 Å². The van der Waals surface area contributed by atoms with E-state index >= 15 is 0 Å². The minimum atomic E-state index is -3.49. The molecule has 208 valence electrons. The van der Waals surface area contributed by atoms with E-state index in [0.717, 1.165) is 42.3 Å². The molecular formula is C29H35FN4O4S. The zero-order valence-electron chi connectivity index (χ0n) is 22.2. The smallest absolute Gasteiger partial charge is 0.316 e. The van der Waals surface area contributed by atoms with Crippen LogP contribution in [0.3, 0.4) is 0 Å². The Kier molecular flexibility index (Phi) is 8.32. The van der Waals surface area contributed by atoms with Gasteiger partial charge in [-0.15, -0.1) is 0 Å². The highest BCUT2D eigenvalue weighted by atomic mass is 32.2. The van der Waals surface area contributed by atoms with Gasteiger partial charge in [-0.2, -0.15) is 14.1 Å². The molecule has 3 aromatic rings. The van der Waals surface area contributed by atoms with E-state index in [-0.39, 0.29) is 36.4 Å². The Morgan fingerprint density at radius 1 is 0.923 bits per heavy atom. The van der Waals surface area contributed by atoms with Crippen LogP contribution in [0, 0.1) is 11.7 Å². The first kappa shape index (κ1) is 27.3. The summed E-state index contributed by atoms with van der Waals surface area (Å²) in [5.74, 6) is 0.214. The zero-order chi connectivity index (χ0) is 27.4. The van der Waals surface area contributed by atoms with Gasteiger partial charge >= 0.3 is 5.56 Å². The van der Waals surface area contributed by atoms with E-state index in [1.54, 1.807) is 12.1 Å². The molecule has 2 fully saturated rings. The molecule has 5 rings (SSSR count). The molecule has 0 radical (unpaired) electrons. The number of ether oxygens (including phenoxy) is 1. The Morgan fingerprint density at radius 2 is 1.59 bits per heavy atom. The van der Waals surface area contributed by atoms with Gasteiger partial charge in [-0.25, -0.2) is 12.8 Å². The van der Waals surface area contributed by atoms with Crippen molar-refractivity contribution in [2.75, 3.05) is 31.1 Å². The maximum absolute atomic E-state index is 14.6. The molecule has 2 heterocycles. The van der Waals surface area contributed by atoms with Crippen LogP contribution < -0.4 is 15.2 Å². The number of anilines is 1. The van der Waals surface area contributed by atoms with Gasteiger partial charge in [-0.05, 0) is 49.3 Å². The first-order valence-corrected chi connectivity index (χ1v) is 15.3. The Balaban J connectivity index is 1.39. The average Bonchev–Trinajstić information content (AvgIpc) is 2.95. The van der Waals surface area contributed by atoms with Crippen LogP contribution in [0.15, 0.2) is 65.6 Å². The molecule has 0 unspecified atom stereocenters. The molecule has 1 saturated heterocycles. The second-order valence-electron chi connectivity index (χ2n) is 10.3. The minimum Gasteiger partial charge on any atom is -0.483 e. The lowest BCUT2D eigenvalue weighted by atomic mass is 9.86. The van der Waals surface area contributed by atoms with Crippen LogP contribution >= 0.6 is 0 Å². The van der Waals surface area contributed by atoms with Gasteiger partial charge in [0.2, 0.25) is 15.8 Å². The molecule has 1 aromatic heterocycles. The standard InChI is InChI=1S/C29H35FN4O4S/c1-2-22-12-14-24(15-13-22)38-28-27(20-31-34(29(28)35)26-11-7-6-10-25(26)30)32-16-18-33(19-17-32)39(36,37)21-23-8-4-3-5-9-23/h3-11,20,22,24H,2,12-19,21H2,1H3. The Morgan fingerprint density at radius 3 is 2.26 bits per heavy atom. The third-order valence-corrected chi connectivity index (χ3v) is 9.67. The number of para-hydroxylation sites is 1. The molecule has 0 amide bonds. The van der Waals surface area contributed by atoms with E-state index in [9.17, 15) is 17.6 Å². The van der Waals surface area contributed by atoms with Gasteiger partial charge < -0.3 is 9.64 Å². The lowest BCUT2D eigenvalue weighted by Gasteiger charge is -2.36. The van der Waals surface area contributed by atoms with Crippen LogP contribution in [0.2, 0.25) is 0 Å². The molecule has 1 aliphatic carbocycles. The first-order chi connectivity index (χ1) is 18.9. The predicted molar refractivity (Wildman–Crippen MR) is 149 cm³/mol. The van der Waals surface area contributed by atoms with Gasteiger partial charge in [0, 0.05) is 26.2 Å². The summed E-state index contributed by atoms with van der Waals surface area (Å²) in [7, 11) is -3.49. The maximum Gasteiger partial charge on any atom is 0.316 e. The van der Waals surface area contributed by atoms with Gasteiger partial charge in [0.05, 0.1) is 18.1 Å². The number of hydrogen-bond donors (Lipinski definition) is 0. The third-order valence-electron chi connectivity index (χ3n) is 7.82. The molecule has 39 heavy (non-hydrogen) atoms. The number of halogens is 1. The summed E-state index contributed by atoms with van der Waals surface area (Å²) in [5, 5.41) is 4.30. The number of sulfonamides is 1. The summed E-state index contributed by atoms with van der Waals surface area (Å²) in [6, 6.07) is 15.1. The largest absolute Gasteiger partial charge is 0.483 e. The van der Waals surface area contributed by atoms with Gasteiger partial charge in [0.25, 0.3) is 0 Å². The van der Waals surface area contributed by atoms with Crippen LogP contribution in [0.4, 0.5) is 10.1 Å². The van der Waals surface area contributed by atoms with Crippen molar-refractivity contribution in [1.82, 2.24) is 14.1 Å². The van der Waals surface area contributed by atoms with E-state index < -0.39 is 21.4 Å². The predicted octanol–water partition coefficient (Wildman–Crippen LogP) is 4.37. The molecule has 0 spiro atoms. The SMILES string of the molecule is CCC1CCC(Oc2c(N3CCN(S(=O)(=O)Cc4ccccc4)CC3)cnn(-c3ccccc3F)c2=O)CC1. The topological polar surface area (TPSA) is 84.7 Å². The minimum absolute atomic E-state index is 0.0527. The lowest BCUT2D eigenvalue weighted by molar-refractivity contribution is 0.128. The van der Waals surface area contributed by atoms with Crippen LogP contribution in [0.1, 0.15) is 44.6 Å². The highest BCUT2D eigenvalue weighted by Gasteiger charge is 2.31. The van der Waals surface area contributed by atoms with Crippen molar-refractivity contribution >= 4 is 15.7 Å². The van der Waals surface area contributed by atoms with Crippen molar-refractivity contribution in [3.8, 4) is 11.4 Å². The van der Waals surface area contributed by atoms with Crippen molar-refractivity contribution in [3.63, 3.8) is 0 Å². The van der Waals surface area contributed by atoms with E-state index in [1.165, 1.54) is 22.6 Å². The van der Waals surface area contributed by atoms with E-state index in [2.05, 4.69) is 12.0 Å². The first-order valence-electron chi connectivity index (χ1n) is 13.7. The van der Waals surface area contributed by atoms with Gasteiger partial charge in [0.15, 0.2) is 0 Å². The van der Waals surface area contributed by atoms with Gasteiger partial charge in [-0.1, -0.05) is 55.8 Å². The zero-order valence-corrected chi connectivity index (χ0v) is 23.0. The third kappa shape index (κ3) is 6.17. The molecule has 0 N–H and O–H groups in total. The number of nitrogens with zero attached hydrogens (tertiary/aromatic N) is 4. The Labute approximate surface area is 229 Å². The summed E-state index contributed by atoms with van der Waals surface area (Å²) in [5.41, 5.74) is 0.805. The highest BCUT2D eigenvalue weighted by Crippen LogP contribution is 2.32. The number of rotatable bonds is 8. The molecule has 1 saturated carbocycles. The van der Waals surface area contributed by atoms with Crippen molar-refractivity contribution in [1.29, 1.82) is 0 Å². The van der Waals surface area contributed by atoms with E-state index in [1.807, 2.05) is 35.2 Å². The normalized spacial score (nSPS) is 20.6. The van der Waals surface area contributed by atoms with Crippen molar-refractivity contribution < 1.29 is 17.5 Å². The molecule has 10 heteroatoms. The molecule has 2 aliphatic rings. The fraction of sp³-hybridized carbons (Fsp3) is 0.448. The van der Waals surface area contributed by atoms with Crippen molar-refractivity contribution in [2.24, 2.45) is 5.92 Å². The van der Waals surface area contributed by atoms with E-state index in [0.29, 0.717) is 24.7 Å². The van der Waals surface area contributed by atoms with Crippen LogP contribution in [0.25, 0.3) is 5.69 Å². The van der Waals surface area contributed by atoms with Crippen molar-refractivity contribution in [3.05, 3.63) is 82.5 Å². The quantitative estimate of drug-likeness (QED) is 0.411. The highest BCUT2D eigenvalue weighted by molar-refractivity contribution is 7.88. The number of hydrogen-bond acceptors (Lipinski definition) is 6. The molecule has 0 bridgehead atoms. The molecule has 2 aromatic carbocycles. The molecule has 8 nitrogen and oxygen atoms in total. The van der Waals surface area contributed by atoms with Gasteiger partial charge in [-0.3, -0.25) is 4.79 Å². The molecule has 0 atom stereocenters. The molecular weight excluding hydrogens is 519 g/mol. The number of piperazine rings is 1. The van der Waals surface area contributed by atoms with Gasteiger partial charge in [0.1, 0.15) is 17.2 Å². The second-order valence-corrected chi connectivity index (χ2v) is 12.3. The van der Waals surface area contributed by atoms with Crippen LogP contribution in [0.5, 0.6) is 5.75 Å². The lowest BCUT2D eigenvalue weighted by Crippen LogP contribution is -2.49. The summed E-state index contributed by atoms with van der Waals surface area (Å²) < 4.78 is 49.6.